The van der Waals surface area contributed by atoms with Crippen molar-refractivity contribution in [2.75, 3.05) is 14.2 Å². The zero-order valence-corrected chi connectivity index (χ0v) is 9.47. The Bertz CT molecular complexity index is 585. The molecule has 2 rings (SSSR count). The van der Waals surface area contributed by atoms with Gasteiger partial charge in [-0.05, 0) is 18.2 Å². The second-order valence-corrected chi connectivity index (χ2v) is 3.42. The van der Waals surface area contributed by atoms with Crippen molar-refractivity contribution in [1.29, 1.82) is 0 Å². The monoisotopic (exact) mass is 233 g/mol. The Morgan fingerprint density at radius 3 is 2.65 bits per heavy atom. The summed E-state index contributed by atoms with van der Waals surface area (Å²) in [6.07, 6.45) is 0.0130. The van der Waals surface area contributed by atoms with Crippen molar-refractivity contribution in [2.24, 2.45) is 0 Å². The molecule has 0 atom stereocenters. The minimum atomic E-state index is -0.602. The number of rotatable bonds is 2. The predicted molar refractivity (Wildman–Crippen MR) is 61.7 cm³/mol. The van der Waals surface area contributed by atoms with Crippen LogP contribution in [0.15, 0.2) is 24.3 Å². The minimum absolute atomic E-state index is 0.250. The molecule has 0 saturated carbocycles. The predicted octanol–water partition coefficient (Wildman–Crippen LogP) is 2.08. The average molecular weight is 233 g/mol. The molecule has 0 saturated heterocycles. The van der Waals surface area contributed by atoms with E-state index in [1.165, 1.54) is 18.8 Å². The van der Waals surface area contributed by atoms with Crippen molar-refractivity contribution in [3.05, 3.63) is 30.0 Å². The number of benzene rings is 1. The van der Waals surface area contributed by atoms with Gasteiger partial charge >= 0.3 is 6.09 Å². The Morgan fingerprint density at radius 2 is 2.06 bits per heavy atom. The molecule has 2 aromatic rings. The maximum Gasteiger partial charge on any atom is 0.418 e. The number of carbonyl (C=O) groups excluding carboxylic acids is 2. The van der Waals surface area contributed by atoms with Crippen LogP contribution in [0.25, 0.3) is 10.9 Å². The molecule has 0 aliphatic rings. The Kier molecular flexibility index (Phi) is 2.82. The van der Waals surface area contributed by atoms with Gasteiger partial charge in [0.1, 0.15) is 5.75 Å². The highest BCUT2D eigenvalue weighted by molar-refractivity contribution is 5.97. The summed E-state index contributed by atoms with van der Waals surface area (Å²) in [5, 5.41) is 0.776. The summed E-state index contributed by atoms with van der Waals surface area (Å²) in [7, 11) is 2.80. The first-order valence-electron chi connectivity index (χ1n) is 4.94. The first-order valence-corrected chi connectivity index (χ1v) is 4.94. The Labute approximate surface area is 97.5 Å². The fourth-order valence-electron chi connectivity index (χ4n) is 1.71. The smallest absolute Gasteiger partial charge is 0.418 e. The van der Waals surface area contributed by atoms with Gasteiger partial charge in [0.2, 0.25) is 0 Å². The number of nitrogens with zero attached hydrogens (tertiary/aromatic N) is 1. The average Bonchev–Trinajstić information content (AvgIpc) is 2.74. The summed E-state index contributed by atoms with van der Waals surface area (Å²) in [4.78, 5) is 22.5. The molecule has 0 N–H and O–H groups in total. The van der Waals surface area contributed by atoms with Gasteiger partial charge in [-0.15, -0.1) is 0 Å². The summed E-state index contributed by atoms with van der Waals surface area (Å²) in [6.45, 7) is 0. The van der Waals surface area contributed by atoms with E-state index in [4.69, 9.17) is 4.74 Å². The van der Waals surface area contributed by atoms with Gasteiger partial charge in [-0.3, -0.25) is 4.79 Å². The molecule has 0 spiro atoms. The maximum absolute atomic E-state index is 11.6. The first kappa shape index (κ1) is 11.2. The molecule has 5 nitrogen and oxygen atoms in total. The van der Waals surface area contributed by atoms with E-state index in [1.807, 2.05) is 0 Å². The second kappa shape index (κ2) is 4.29. The Morgan fingerprint density at radius 1 is 1.29 bits per heavy atom. The number of methoxy groups -OCH3 is 2. The van der Waals surface area contributed by atoms with E-state index in [-0.39, 0.29) is 5.69 Å². The van der Waals surface area contributed by atoms with Crippen molar-refractivity contribution in [3.8, 4) is 5.75 Å². The van der Waals surface area contributed by atoms with Crippen LogP contribution in [0.4, 0.5) is 4.79 Å². The van der Waals surface area contributed by atoms with Gasteiger partial charge in [0.05, 0.1) is 25.4 Å². The first-order chi connectivity index (χ1) is 8.21. The molecule has 0 unspecified atom stereocenters. The SMILES string of the molecule is COC(=O)n1c(C=O)cc2ccc(OC)cc21. The molecule has 17 heavy (non-hydrogen) atoms. The van der Waals surface area contributed by atoms with Crippen molar-refractivity contribution >= 4 is 23.3 Å². The van der Waals surface area contributed by atoms with E-state index >= 15 is 0 Å². The van der Waals surface area contributed by atoms with E-state index in [9.17, 15) is 9.59 Å². The molecule has 0 radical (unpaired) electrons. The van der Waals surface area contributed by atoms with Gasteiger partial charge in [0.15, 0.2) is 6.29 Å². The highest BCUT2D eigenvalue weighted by Gasteiger charge is 2.15. The zero-order chi connectivity index (χ0) is 12.4. The molecule has 88 valence electrons. The fraction of sp³-hybridized carbons (Fsp3) is 0.167. The quantitative estimate of drug-likeness (QED) is 0.745. The van der Waals surface area contributed by atoms with Crippen LogP contribution in [-0.2, 0) is 4.74 Å². The highest BCUT2D eigenvalue weighted by atomic mass is 16.5. The molecular formula is C12H11NO4. The molecular weight excluding hydrogens is 222 g/mol. The number of carbonyl (C=O) groups is 2. The van der Waals surface area contributed by atoms with Gasteiger partial charge in [0.25, 0.3) is 0 Å². The number of aldehydes is 1. The van der Waals surface area contributed by atoms with Crippen molar-refractivity contribution in [3.63, 3.8) is 0 Å². The third kappa shape index (κ3) is 1.75. The summed E-state index contributed by atoms with van der Waals surface area (Å²) >= 11 is 0. The zero-order valence-electron chi connectivity index (χ0n) is 9.47. The molecule has 0 fully saturated rings. The van der Waals surface area contributed by atoms with Crippen molar-refractivity contribution in [1.82, 2.24) is 4.57 Å². The lowest BCUT2D eigenvalue weighted by Crippen LogP contribution is -2.13. The van der Waals surface area contributed by atoms with E-state index in [0.717, 1.165) is 5.39 Å². The summed E-state index contributed by atoms with van der Waals surface area (Å²) in [6, 6.07) is 6.84. The maximum atomic E-state index is 11.6. The van der Waals surface area contributed by atoms with Gasteiger partial charge in [0, 0.05) is 11.5 Å². The lowest BCUT2D eigenvalue weighted by Gasteiger charge is -2.05. The van der Waals surface area contributed by atoms with E-state index in [0.29, 0.717) is 17.6 Å². The minimum Gasteiger partial charge on any atom is -0.497 e. The Hall–Kier alpha value is -2.30. The number of fused-ring (bicyclic) bond motifs is 1. The number of hydrogen-bond donors (Lipinski definition) is 0. The molecule has 1 aromatic carbocycles. The van der Waals surface area contributed by atoms with Crippen LogP contribution in [0.5, 0.6) is 5.75 Å². The Balaban J connectivity index is 2.75. The lowest BCUT2D eigenvalue weighted by atomic mass is 10.2. The van der Waals surface area contributed by atoms with Crippen LogP contribution in [0.1, 0.15) is 10.5 Å². The van der Waals surface area contributed by atoms with Crippen LogP contribution >= 0.6 is 0 Å². The molecule has 5 heteroatoms. The number of ether oxygens (including phenoxy) is 2. The van der Waals surface area contributed by atoms with Gasteiger partial charge < -0.3 is 9.47 Å². The van der Waals surface area contributed by atoms with Crippen LogP contribution in [0.2, 0.25) is 0 Å². The molecule has 1 aromatic heterocycles. The van der Waals surface area contributed by atoms with Crippen molar-refractivity contribution in [2.45, 2.75) is 0 Å². The summed E-state index contributed by atoms with van der Waals surface area (Å²) in [5.41, 5.74) is 0.832. The lowest BCUT2D eigenvalue weighted by molar-refractivity contribution is 0.111. The van der Waals surface area contributed by atoms with Crippen LogP contribution in [0.3, 0.4) is 0 Å². The van der Waals surface area contributed by atoms with Crippen LogP contribution in [-0.4, -0.2) is 31.2 Å². The normalized spacial score (nSPS) is 10.2. The van der Waals surface area contributed by atoms with Crippen molar-refractivity contribution < 1.29 is 19.1 Å². The van der Waals surface area contributed by atoms with E-state index in [1.54, 1.807) is 24.3 Å². The second-order valence-electron chi connectivity index (χ2n) is 3.42. The molecule has 0 bridgehead atoms. The van der Waals surface area contributed by atoms with E-state index < -0.39 is 6.09 Å². The molecule has 0 aliphatic carbocycles. The standard InChI is InChI=1S/C12H11NO4/c1-16-10-4-3-8-5-9(7-14)13(11(8)6-10)12(15)17-2/h3-7H,1-2H3. The number of aromatic nitrogens is 1. The molecule has 0 aliphatic heterocycles. The summed E-state index contributed by atoms with van der Waals surface area (Å²) in [5.74, 6) is 0.609. The van der Waals surface area contributed by atoms with E-state index in [2.05, 4.69) is 4.74 Å². The topological polar surface area (TPSA) is 57.5 Å². The molecule has 0 amide bonds. The van der Waals surface area contributed by atoms with Crippen LogP contribution in [0, 0.1) is 0 Å². The van der Waals surface area contributed by atoms with Gasteiger partial charge in [-0.25, -0.2) is 9.36 Å². The summed E-state index contributed by atoms with van der Waals surface area (Å²) < 4.78 is 10.9. The largest absolute Gasteiger partial charge is 0.497 e. The third-order valence-electron chi connectivity index (χ3n) is 2.52. The van der Waals surface area contributed by atoms with Gasteiger partial charge in [-0.1, -0.05) is 0 Å². The number of hydrogen-bond acceptors (Lipinski definition) is 4. The third-order valence-corrected chi connectivity index (χ3v) is 2.52. The highest BCUT2D eigenvalue weighted by Crippen LogP contribution is 2.24. The fourth-order valence-corrected chi connectivity index (χ4v) is 1.71. The molecule has 1 heterocycles. The van der Waals surface area contributed by atoms with Crippen LogP contribution < -0.4 is 4.74 Å². The van der Waals surface area contributed by atoms with Gasteiger partial charge in [-0.2, -0.15) is 0 Å².